The van der Waals surface area contributed by atoms with Gasteiger partial charge in [-0.3, -0.25) is 5.84 Å². The fourth-order valence-electron chi connectivity index (χ4n) is 0.909. The maximum absolute atomic E-state index is 11.1. The van der Waals surface area contributed by atoms with Gasteiger partial charge in [-0.25, -0.2) is 8.42 Å². The fourth-order valence-corrected chi connectivity index (χ4v) is 1.76. The number of hydrogen-bond donors (Lipinski definition) is 2. The lowest BCUT2D eigenvalue weighted by Crippen LogP contribution is -2.11. The first kappa shape index (κ1) is 12.2. The first-order chi connectivity index (χ1) is 5.55. The van der Waals surface area contributed by atoms with E-state index >= 15 is 0 Å². The standard InChI is InChI=1S/C7H10N2O2S.ClH/c1-12(10,11)7-5-3-2-4-6(7)9-8;/h2-5,9H,8H2,1H3;1H. The Balaban J connectivity index is 0.00000144. The van der Waals surface area contributed by atoms with Crippen LogP contribution in [0.15, 0.2) is 29.2 Å². The van der Waals surface area contributed by atoms with Crippen LogP contribution in [0.4, 0.5) is 5.69 Å². The Morgan fingerprint density at radius 3 is 2.23 bits per heavy atom. The Bertz CT molecular complexity index is 378. The number of nitrogen functional groups attached to an aromatic ring is 1. The Morgan fingerprint density at radius 2 is 1.85 bits per heavy atom. The molecular weight excluding hydrogens is 212 g/mol. The van der Waals surface area contributed by atoms with Gasteiger partial charge in [-0.1, -0.05) is 12.1 Å². The maximum atomic E-state index is 11.1. The predicted octanol–water partition coefficient (Wildman–Crippen LogP) is 0.797. The molecule has 0 aromatic heterocycles. The summed E-state index contributed by atoms with van der Waals surface area (Å²) in [6.07, 6.45) is 1.14. The molecule has 0 unspecified atom stereocenters. The molecule has 0 atom stereocenters. The Kier molecular flexibility index (Phi) is 4.19. The highest BCUT2D eigenvalue weighted by molar-refractivity contribution is 7.90. The van der Waals surface area contributed by atoms with Gasteiger partial charge >= 0.3 is 0 Å². The number of rotatable bonds is 2. The van der Waals surface area contributed by atoms with Crippen molar-refractivity contribution in [3.63, 3.8) is 0 Å². The minimum Gasteiger partial charge on any atom is -0.323 e. The zero-order chi connectivity index (χ0) is 9.19. The van der Waals surface area contributed by atoms with Gasteiger partial charge in [0.25, 0.3) is 0 Å². The zero-order valence-electron chi connectivity index (χ0n) is 7.02. The highest BCUT2D eigenvalue weighted by atomic mass is 35.5. The van der Waals surface area contributed by atoms with Crippen LogP contribution in [0.25, 0.3) is 0 Å². The number of sulfone groups is 1. The van der Waals surface area contributed by atoms with E-state index in [0.717, 1.165) is 6.26 Å². The van der Waals surface area contributed by atoms with E-state index in [1.165, 1.54) is 6.07 Å². The van der Waals surface area contributed by atoms with E-state index in [2.05, 4.69) is 5.43 Å². The Hall–Kier alpha value is -0.780. The van der Waals surface area contributed by atoms with Crippen LogP contribution in [0.1, 0.15) is 0 Å². The lowest BCUT2D eigenvalue weighted by Gasteiger charge is -2.05. The van der Waals surface area contributed by atoms with Gasteiger partial charge in [0, 0.05) is 6.26 Å². The number of halogens is 1. The molecule has 0 spiro atoms. The second kappa shape index (κ2) is 4.45. The summed E-state index contributed by atoms with van der Waals surface area (Å²) < 4.78 is 22.2. The van der Waals surface area contributed by atoms with Crippen LogP contribution >= 0.6 is 12.4 Å². The number of nitrogens with one attached hydrogen (secondary N) is 1. The van der Waals surface area contributed by atoms with Gasteiger partial charge in [0.05, 0.1) is 10.6 Å². The molecule has 1 aromatic carbocycles. The van der Waals surface area contributed by atoms with Crippen molar-refractivity contribution in [1.29, 1.82) is 0 Å². The van der Waals surface area contributed by atoms with E-state index < -0.39 is 9.84 Å². The van der Waals surface area contributed by atoms with Crippen molar-refractivity contribution in [1.82, 2.24) is 0 Å². The quantitative estimate of drug-likeness (QED) is 0.574. The molecule has 74 valence electrons. The van der Waals surface area contributed by atoms with Gasteiger partial charge in [0.1, 0.15) is 0 Å². The normalized spacial score (nSPS) is 10.3. The summed E-state index contributed by atoms with van der Waals surface area (Å²) in [7, 11) is -3.19. The molecule has 13 heavy (non-hydrogen) atoms. The molecule has 0 saturated carbocycles. The number of anilines is 1. The molecule has 3 N–H and O–H groups in total. The lowest BCUT2D eigenvalue weighted by atomic mass is 10.3. The molecule has 0 amide bonds. The molecule has 0 aliphatic carbocycles. The van der Waals surface area contributed by atoms with Crippen LogP contribution in [0.2, 0.25) is 0 Å². The summed E-state index contributed by atoms with van der Waals surface area (Å²) >= 11 is 0. The van der Waals surface area contributed by atoms with Crippen molar-refractivity contribution in [2.75, 3.05) is 11.7 Å². The van der Waals surface area contributed by atoms with Crippen LogP contribution in [-0.2, 0) is 9.84 Å². The molecule has 0 saturated heterocycles. The number of hydrogen-bond acceptors (Lipinski definition) is 4. The van der Waals surface area contributed by atoms with Crippen molar-refractivity contribution >= 4 is 27.9 Å². The van der Waals surface area contributed by atoms with Gasteiger partial charge in [-0.15, -0.1) is 12.4 Å². The number of para-hydroxylation sites is 1. The van der Waals surface area contributed by atoms with Crippen LogP contribution in [-0.4, -0.2) is 14.7 Å². The summed E-state index contributed by atoms with van der Waals surface area (Å²) in [5, 5.41) is 0. The smallest absolute Gasteiger partial charge is 0.177 e. The van der Waals surface area contributed by atoms with E-state index in [0.29, 0.717) is 5.69 Å². The second-order valence-electron chi connectivity index (χ2n) is 2.41. The topological polar surface area (TPSA) is 72.2 Å². The summed E-state index contributed by atoms with van der Waals surface area (Å²) in [4.78, 5) is 0.215. The van der Waals surface area contributed by atoms with Gasteiger partial charge in [0.2, 0.25) is 0 Å². The largest absolute Gasteiger partial charge is 0.323 e. The average molecular weight is 223 g/mol. The molecule has 6 heteroatoms. The van der Waals surface area contributed by atoms with Gasteiger partial charge in [-0.05, 0) is 12.1 Å². The van der Waals surface area contributed by atoms with Gasteiger partial charge in [-0.2, -0.15) is 0 Å². The molecule has 1 rings (SSSR count). The first-order valence-corrected chi connectivity index (χ1v) is 5.20. The highest BCUT2D eigenvalue weighted by Gasteiger charge is 2.10. The van der Waals surface area contributed by atoms with E-state index in [9.17, 15) is 8.42 Å². The average Bonchev–Trinajstić information content (AvgIpc) is 2.03. The molecule has 0 fully saturated rings. The van der Waals surface area contributed by atoms with Crippen molar-refractivity contribution in [3.05, 3.63) is 24.3 Å². The Morgan fingerprint density at radius 1 is 1.31 bits per heavy atom. The van der Waals surface area contributed by atoms with Crippen LogP contribution in [0.5, 0.6) is 0 Å². The van der Waals surface area contributed by atoms with E-state index in [4.69, 9.17) is 5.84 Å². The first-order valence-electron chi connectivity index (χ1n) is 3.31. The van der Waals surface area contributed by atoms with Crippen molar-refractivity contribution in [3.8, 4) is 0 Å². The number of nitrogens with two attached hydrogens (primary N) is 1. The fraction of sp³-hybridized carbons (Fsp3) is 0.143. The van der Waals surface area contributed by atoms with Crippen molar-refractivity contribution < 1.29 is 8.42 Å². The minimum atomic E-state index is -3.19. The molecule has 0 aliphatic rings. The zero-order valence-corrected chi connectivity index (χ0v) is 8.65. The second-order valence-corrected chi connectivity index (χ2v) is 4.40. The highest BCUT2D eigenvalue weighted by Crippen LogP contribution is 2.18. The third-order valence-electron chi connectivity index (χ3n) is 1.44. The monoisotopic (exact) mass is 222 g/mol. The minimum absolute atomic E-state index is 0. The molecular formula is C7H11ClN2O2S. The lowest BCUT2D eigenvalue weighted by molar-refractivity contribution is 0.602. The molecule has 0 aliphatic heterocycles. The predicted molar refractivity (Wildman–Crippen MR) is 54.6 cm³/mol. The van der Waals surface area contributed by atoms with Crippen LogP contribution in [0, 0.1) is 0 Å². The Labute approximate surface area is 83.4 Å². The van der Waals surface area contributed by atoms with Crippen molar-refractivity contribution in [2.45, 2.75) is 4.90 Å². The summed E-state index contributed by atoms with van der Waals surface area (Å²) in [5.41, 5.74) is 2.74. The van der Waals surface area contributed by atoms with Crippen molar-refractivity contribution in [2.24, 2.45) is 5.84 Å². The summed E-state index contributed by atoms with van der Waals surface area (Å²) in [5.74, 6) is 5.13. The van der Waals surface area contributed by atoms with Gasteiger partial charge < -0.3 is 5.43 Å². The number of benzene rings is 1. The molecule has 0 bridgehead atoms. The summed E-state index contributed by atoms with van der Waals surface area (Å²) in [6.45, 7) is 0. The van der Waals surface area contributed by atoms with Gasteiger partial charge in [0.15, 0.2) is 9.84 Å². The molecule has 4 nitrogen and oxygen atoms in total. The molecule has 1 aromatic rings. The molecule has 0 heterocycles. The van der Waals surface area contributed by atoms with E-state index in [-0.39, 0.29) is 17.3 Å². The molecule has 0 radical (unpaired) electrons. The third kappa shape index (κ3) is 2.87. The summed E-state index contributed by atoms with van der Waals surface area (Å²) in [6, 6.07) is 6.47. The maximum Gasteiger partial charge on any atom is 0.177 e. The van der Waals surface area contributed by atoms with E-state index in [1.54, 1.807) is 18.2 Å². The van der Waals surface area contributed by atoms with Crippen LogP contribution in [0.3, 0.4) is 0 Å². The number of hydrazine groups is 1. The van der Waals surface area contributed by atoms with Crippen LogP contribution < -0.4 is 11.3 Å². The third-order valence-corrected chi connectivity index (χ3v) is 2.60. The SMILES string of the molecule is CS(=O)(=O)c1ccccc1NN.Cl. The van der Waals surface area contributed by atoms with E-state index in [1.807, 2.05) is 0 Å².